The molecule has 0 spiro atoms. The monoisotopic (exact) mass is 277 g/mol. The minimum absolute atomic E-state index is 0.102. The fourth-order valence-corrected chi connectivity index (χ4v) is 2.52. The van der Waals surface area contributed by atoms with Gasteiger partial charge in [0.1, 0.15) is 11.7 Å². The quantitative estimate of drug-likeness (QED) is 0.897. The molecule has 1 aromatic carbocycles. The number of carbonyl (C=O) groups is 1. The zero-order valence-corrected chi connectivity index (χ0v) is 11.9. The van der Waals surface area contributed by atoms with Crippen molar-refractivity contribution in [2.75, 3.05) is 19.6 Å². The van der Waals surface area contributed by atoms with E-state index in [1.807, 2.05) is 18.7 Å². The molecule has 4 nitrogen and oxygen atoms in total. The minimum atomic E-state index is -0.324. The first-order valence-corrected chi connectivity index (χ1v) is 6.96. The first kappa shape index (κ1) is 14.5. The van der Waals surface area contributed by atoms with Gasteiger partial charge in [0.15, 0.2) is 0 Å². The zero-order valence-electron chi connectivity index (χ0n) is 11.9. The lowest BCUT2D eigenvalue weighted by Crippen LogP contribution is -2.34. The number of amidine groups is 1. The first-order chi connectivity index (χ1) is 9.56. The molecule has 0 saturated heterocycles. The molecule has 0 unspecified atom stereocenters. The second-order valence-electron chi connectivity index (χ2n) is 4.89. The molecule has 1 aromatic rings. The van der Waals surface area contributed by atoms with Gasteiger partial charge < -0.3 is 9.80 Å². The van der Waals surface area contributed by atoms with Crippen LogP contribution in [0.4, 0.5) is 4.39 Å². The average Bonchev–Trinajstić information content (AvgIpc) is 2.74. The van der Waals surface area contributed by atoms with Gasteiger partial charge in [-0.3, -0.25) is 10.2 Å². The topological polar surface area (TPSA) is 47.4 Å². The van der Waals surface area contributed by atoms with Crippen LogP contribution in [0.5, 0.6) is 0 Å². The lowest BCUT2D eigenvalue weighted by molar-refractivity contribution is -0.130. The Bertz CT molecular complexity index is 526. The third kappa shape index (κ3) is 2.81. The zero-order chi connectivity index (χ0) is 14.7. The summed E-state index contributed by atoms with van der Waals surface area (Å²) < 4.78 is 13.2. The molecule has 0 aromatic heterocycles. The Hall–Kier alpha value is -1.91. The van der Waals surface area contributed by atoms with Crippen molar-refractivity contribution in [2.45, 2.75) is 26.8 Å². The Morgan fingerprint density at radius 2 is 2.10 bits per heavy atom. The molecule has 5 heteroatoms. The third-order valence-corrected chi connectivity index (χ3v) is 3.72. The van der Waals surface area contributed by atoms with E-state index < -0.39 is 0 Å². The summed E-state index contributed by atoms with van der Waals surface area (Å²) in [6, 6.07) is 4.52. The van der Waals surface area contributed by atoms with Crippen LogP contribution in [0.25, 0.3) is 0 Å². The Morgan fingerprint density at radius 1 is 1.40 bits per heavy atom. The van der Waals surface area contributed by atoms with Crippen LogP contribution in [0.1, 0.15) is 31.4 Å². The van der Waals surface area contributed by atoms with Crippen molar-refractivity contribution in [1.82, 2.24) is 9.80 Å². The maximum atomic E-state index is 13.2. The van der Waals surface area contributed by atoms with Crippen LogP contribution >= 0.6 is 0 Å². The van der Waals surface area contributed by atoms with Gasteiger partial charge in [-0.1, -0.05) is 6.07 Å². The number of benzene rings is 1. The van der Waals surface area contributed by atoms with E-state index in [1.165, 1.54) is 12.1 Å². The van der Waals surface area contributed by atoms with E-state index >= 15 is 0 Å². The number of halogens is 1. The summed E-state index contributed by atoms with van der Waals surface area (Å²) in [5.41, 5.74) is 1.59. The Labute approximate surface area is 118 Å². The number of rotatable bonds is 5. The maximum Gasteiger partial charge on any atom is 0.224 e. The molecular weight excluding hydrogens is 257 g/mol. The molecule has 108 valence electrons. The Balaban J connectivity index is 1.97. The van der Waals surface area contributed by atoms with Crippen molar-refractivity contribution >= 4 is 11.7 Å². The number of amides is 1. The minimum Gasteiger partial charge on any atom is -0.352 e. The second kappa shape index (κ2) is 6.03. The smallest absolute Gasteiger partial charge is 0.224 e. The van der Waals surface area contributed by atoms with E-state index in [1.54, 1.807) is 11.0 Å². The van der Waals surface area contributed by atoms with Crippen LogP contribution in [0.2, 0.25) is 0 Å². The third-order valence-electron chi connectivity index (χ3n) is 3.72. The van der Waals surface area contributed by atoms with Gasteiger partial charge in [-0.15, -0.1) is 0 Å². The molecule has 1 N–H and O–H groups in total. The lowest BCUT2D eigenvalue weighted by Gasteiger charge is -2.22. The summed E-state index contributed by atoms with van der Waals surface area (Å²) in [6.45, 7) is 6.41. The lowest BCUT2D eigenvalue weighted by atomic mass is 10.1. The first-order valence-electron chi connectivity index (χ1n) is 6.96. The van der Waals surface area contributed by atoms with E-state index in [0.717, 1.165) is 5.56 Å². The predicted octanol–water partition coefficient (Wildman–Crippen LogP) is 2.23. The number of carbonyl (C=O) groups excluding carboxylic acids is 1. The van der Waals surface area contributed by atoms with E-state index in [4.69, 9.17) is 5.41 Å². The summed E-state index contributed by atoms with van der Waals surface area (Å²) in [5, 5.41) is 8.06. The summed E-state index contributed by atoms with van der Waals surface area (Å²) >= 11 is 0. The molecule has 1 aliphatic heterocycles. The van der Waals surface area contributed by atoms with Gasteiger partial charge in [-0.2, -0.15) is 0 Å². The fourth-order valence-electron chi connectivity index (χ4n) is 2.52. The standard InChI is InChI=1S/C15H20FN3O/c1-3-18(4-2)14(20)7-8-19-10-11-5-6-12(16)9-13(11)15(19)17/h5-6,9,17H,3-4,7-8,10H2,1-2H3. The van der Waals surface area contributed by atoms with Crippen molar-refractivity contribution in [1.29, 1.82) is 5.41 Å². The number of hydrogen-bond acceptors (Lipinski definition) is 2. The second-order valence-corrected chi connectivity index (χ2v) is 4.89. The van der Waals surface area contributed by atoms with Gasteiger partial charge >= 0.3 is 0 Å². The molecule has 20 heavy (non-hydrogen) atoms. The highest BCUT2D eigenvalue weighted by Gasteiger charge is 2.25. The molecule has 0 saturated carbocycles. The fraction of sp³-hybridized carbons (Fsp3) is 0.467. The van der Waals surface area contributed by atoms with Crippen LogP contribution < -0.4 is 0 Å². The molecule has 1 amide bonds. The van der Waals surface area contributed by atoms with Gasteiger partial charge in [-0.25, -0.2) is 4.39 Å². The molecule has 0 aliphatic carbocycles. The highest BCUT2D eigenvalue weighted by molar-refractivity contribution is 6.00. The van der Waals surface area contributed by atoms with Crippen LogP contribution in [-0.4, -0.2) is 41.2 Å². The Kier molecular flexibility index (Phi) is 4.37. The van der Waals surface area contributed by atoms with Gasteiger partial charge in [0, 0.05) is 38.2 Å². The summed E-state index contributed by atoms with van der Waals surface area (Å²) in [4.78, 5) is 15.6. The van der Waals surface area contributed by atoms with Gasteiger partial charge in [0.05, 0.1) is 0 Å². The molecule has 0 radical (unpaired) electrons. The van der Waals surface area contributed by atoms with Crippen LogP contribution in [0, 0.1) is 11.2 Å². The highest BCUT2D eigenvalue weighted by Crippen LogP contribution is 2.23. The van der Waals surface area contributed by atoms with E-state index in [2.05, 4.69) is 0 Å². The number of hydrogen-bond donors (Lipinski definition) is 1. The molecular formula is C15H20FN3O. The van der Waals surface area contributed by atoms with Crippen molar-refractivity contribution in [3.8, 4) is 0 Å². The van der Waals surface area contributed by atoms with Crippen LogP contribution in [-0.2, 0) is 11.3 Å². The predicted molar refractivity (Wildman–Crippen MR) is 76.2 cm³/mol. The van der Waals surface area contributed by atoms with Crippen molar-refractivity contribution < 1.29 is 9.18 Å². The molecule has 1 aliphatic rings. The number of nitrogens with zero attached hydrogens (tertiary/aromatic N) is 2. The summed E-state index contributed by atoms with van der Waals surface area (Å²) in [6.07, 6.45) is 0.389. The van der Waals surface area contributed by atoms with Crippen LogP contribution in [0.3, 0.4) is 0 Å². The van der Waals surface area contributed by atoms with Crippen molar-refractivity contribution in [2.24, 2.45) is 0 Å². The summed E-state index contributed by atoms with van der Waals surface area (Å²) in [7, 11) is 0. The summed E-state index contributed by atoms with van der Waals surface area (Å²) in [5.74, 6) is 0.0892. The Morgan fingerprint density at radius 3 is 2.75 bits per heavy atom. The van der Waals surface area contributed by atoms with Gasteiger partial charge in [-0.05, 0) is 31.5 Å². The molecule has 0 atom stereocenters. The number of fused-ring (bicyclic) bond motifs is 1. The van der Waals surface area contributed by atoms with E-state index in [0.29, 0.717) is 44.0 Å². The maximum absolute atomic E-state index is 13.2. The van der Waals surface area contributed by atoms with Gasteiger partial charge in [0.2, 0.25) is 5.91 Å². The SMILES string of the molecule is CCN(CC)C(=O)CCN1Cc2ccc(F)cc2C1=N. The van der Waals surface area contributed by atoms with Gasteiger partial charge in [0.25, 0.3) is 0 Å². The molecule has 1 heterocycles. The molecule has 2 rings (SSSR count). The highest BCUT2D eigenvalue weighted by atomic mass is 19.1. The molecule has 0 bridgehead atoms. The van der Waals surface area contributed by atoms with E-state index in [-0.39, 0.29) is 11.7 Å². The van der Waals surface area contributed by atoms with Crippen LogP contribution in [0.15, 0.2) is 18.2 Å². The normalized spacial score (nSPS) is 13.6. The van der Waals surface area contributed by atoms with Crippen molar-refractivity contribution in [3.05, 3.63) is 35.1 Å². The number of nitrogens with one attached hydrogen (secondary N) is 1. The largest absolute Gasteiger partial charge is 0.352 e. The molecule has 0 fully saturated rings. The van der Waals surface area contributed by atoms with E-state index in [9.17, 15) is 9.18 Å². The van der Waals surface area contributed by atoms with Crippen molar-refractivity contribution in [3.63, 3.8) is 0 Å². The average molecular weight is 277 g/mol.